The maximum Gasteiger partial charge on any atom is 0.287 e. The Morgan fingerprint density at radius 1 is 1.14 bits per heavy atom. The fourth-order valence-electron chi connectivity index (χ4n) is 0.554. The van der Waals surface area contributed by atoms with Crippen LogP contribution in [0.1, 0.15) is 13.8 Å². The number of aromatic nitrogens is 2. The minimum Gasteiger partial charge on any atom is -0.333 e. The standard InChI is InChI=1S/C7H6Cl3N3O/c1-3(2)13-14-7-5(9)4(8)6(10)11-12-7/h1-2H3. The number of halogens is 3. The lowest BCUT2D eigenvalue weighted by Crippen LogP contribution is -1.95. The van der Waals surface area contributed by atoms with Gasteiger partial charge in [-0.2, -0.15) is 0 Å². The molecule has 1 aromatic heterocycles. The summed E-state index contributed by atoms with van der Waals surface area (Å²) in [6, 6.07) is 0. The van der Waals surface area contributed by atoms with Crippen molar-refractivity contribution in [2.45, 2.75) is 13.8 Å². The summed E-state index contributed by atoms with van der Waals surface area (Å²) in [5.74, 6) is 0.0299. The van der Waals surface area contributed by atoms with E-state index in [0.717, 1.165) is 0 Å². The van der Waals surface area contributed by atoms with Gasteiger partial charge in [-0.15, -0.1) is 10.2 Å². The normalized spacial score (nSPS) is 9.79. The Bertz CT molecular complexity index is 377. The molecular formula is C7H6Cl3N3O. The zero-order valence-corrected chi connectivity index (χ0v) is 9.65. The van der Waals surface area contributed by atoms with Gasteiger partial charge in [0.15, 0.2) is 5.15 Å². The second-order valence-electron chi connectivity index (χ2n) is 2.55. The van der Waals surface area contributed by atoms with Crippen LogP contribution < -0.4 is 4.84 Å². The number of oxime groups is 1. The molecule has 0 aliphatic heterocycles. The summed E-state index contributed by atoms with van der Waals surface area (Å²) in [5, 5.41) is 11.0. The molecule has 0 spiro atoms. The van der Waals surface area contributed by atoms with Gasteiger partial charge >= 0.3 is 0 Å². The van der Waals surface area contributed by atoms with E-state index in [1.807, 2.05) is 0 Å². The Kier molecular flexibility index (Phi) is 3.92. The van der Waals surface area contributed by atoms with Gasteiger partial charge in [0.05, 0.1) is 5.71 Å². The molecule has 1 heterocycles. The number of hydrogen-bond donors (Lipinski definition) is 0. The summed E-state index contributed by atoms with van der Waals surface area (Å²) < 4.78 is 0. The molecule has 76 valence electrons. The van der Waals surface area contributed by atoms with Gasteiger partial charge in [0, 0.05) is 0 Å². The van der Waals surface area contributed by atoms with Crippen LogP contribution in [0.25, 0.3) is 0 Å². The molecule has 0 N–H and O–H groups in total. The van der Waals surface area contributed by atoms with Gasteiger partial charge in [-0.1, -0.05) is 40.0 Å². The molecule has 0 atom stereocenters. The Hall–Kier alpha value is -0.580. The van der Waals surface area contributed by atoms with E-state index in [1.54, 1.807) is 13.8 Å². The van der Waals surface area contributed by atoms with Crippen molar-refractivity contribution >= 4 is 40.5 Å². The SMILES string of the molecule is CC(C)=NOc1nnc(Cl)c(Cl)c1Cl. The van der Waals surface area contributed by atoms with Crippen molar-refractivity contribution in [2.75, 3.05) is 0 Å². The zero-order chi connectivity index (χ0) is 10.7. The third-order valence-electron chi connectivity index (χ3n) is 1.10. The van der Waals surface area contributed by atoms with E-state index in [4.69, 9.17) is 39.6 Å². The second-order valence-corrected chi connectivity index (χ2v) is 3.67. The highest BCUT2D eigenvalue weighted by Gasteiger charge is 2.13. The zero-order valence-electron chi connectivity index (χ0n) is 7.38. The number of nitrogens with zero attached hydrogens (tertiary/aromatic N) is 3. The van der Waals surface area contributed by atoms with Gasteiger partial charge < -0.3 is 4.84 Å². The van der Waals surface area contributed by atoms with Gasteiger partial charge in [-0.25, -0.2) is 0 Å². The van der Waals surface area contributed by atoms with E-state index in [9.17, 15) is 0 Å². The summed E-state index contributed by atoms with van der Waals surface area (Å²) in [6.45, 7) is 3.53. The highest BCUT2D eigenvalue weighted by atomic mass is 35.5. The van der Waals surface area contributed by atoms with E-state index >= 15 is 0 Å². The number of rotatable bonds is 2. The fraction of sp³-hybridized carbons (Fsp3) is 0.286. The molecule has 0 bridgehead atoms. The van der Waals surface area contributed by atoms with Crippen LogP contribution in [0.5, 0.6) is 5.88 Å². The second kappa shape index (κ2) is 4.77. The van der Waals surface area contributed by atoms with E-state index < -0.39 is 0 Å². The summed E-state index contributed by atoms with van der Waals surface area (Å²) >= 11 is 17.0. The molecule has 0 unspecified atom stereocenters. The van der Waals surface area contributed by atoms with E-state index in [-0.39, 0.29) is 21.1 Å². The first-order valence-corrected chi connectivity index (χ1v) is 4.71. The minimum absolute atomic E-state index is 0.0289. The van der Waals surface area contributed by atoms with E-state index in [1.165, 1.54) is 0 Å². The van der Waals surface area contributed by atoms with Crippen molar-refractivity contribution < 1.29 is 4.84 Å². The van der Waals surface area contributed by atoms with Gasteiger partial charge in [-0.05, 0) is 13.8 Å². The maximum absolute atomic E-state index is 5.77. The van der Waals surface area contributed by atoms with Crippen LogP contribution in [-0.2, 0) is 0 Å². The fourth-order valence-corrected chi connectivity index (χ4v) is 1.02. The Morgan fingerprint density at radius 2 is 1.79 bits per heavy atom. The van der Waals surface area contributed by atoms with E-state index in [2.05, 4.69) is 15.4 Å². The largest absolute Gasteiger partial charge is 0.333 e. The molecule has 4 nitrogen and oxygen atoms in total. The third-order valence-corrected chi connectivity index (χ3v) is 2.28. The van der Waals surface area contributed by atoms with Crippen molar-refractivity contribution in [1.82, 2.24) is 10.2 Å². The molecule has 7 heteroatoms. The molecule has 14 heavy (non-hydrogen) atoms. The molecule has 0 amide bonds. The first-order valence-electron chi connectivity index (χ1n) is 3.57. The molecule has 0 saturated heterocycles. The average Bonchev–Trinajstić information content (AvgIpc) is 2.13. The molecule has 0 aliphatic rings. The van der Waals surface area contributed by atoms with Crippen molar-refractivity contribution in [3.8, 4) is 5.88 Å². The van der Waals surface area contributed by atoms with Gasteiger partial charge in [0.1, 0.15) is 10.0 Å². The Morgan fingerprint density at radius 3 is 2.36 bits per heavy atom. The quantitative estimate of drug-likeness (QED) is 0.601. The summed E-state index contributed by atoms with van der Waals surface area (Å²) in [6.07, 6.45) is 0. The molecule has 1 aromatic rings. The van der Waals surface area contributed by atoms with Crippen molar-refractivity contribution in [3.63, 3.8) is 0 Å². The lowest BCUT2D eigenvalue weighted by Gasteiger charge is -2.01. The maximum atomic E-state index is 5.77. The molecule has 0 aliphatic carbocycles. The predicted molar refractivity (Wildman–Crippen MR) is 56.5 cm³/mol. The van der Waals surface area contributed by atoms with Crippen LogP contribution >= 0.6 is 34.8 Å². The van der Waals surface area contributed by atoms with Crippen LogP contribution in [0, 0.1) is 0 Å². The van der Waals surface area contributed by atoms with Gasteiger partial charge in [-0.3, -0.25) is 0 Å². The summed E-state index contributed by atoms with van der Waals surface area (Å²) in [5.41, 5.74) is 0.717. The summed E-state index contributed by atoms with van der Waals surface area (Å²) in [7, 11) is 0. The monoisotopic (exact) mass is 253 g/mol. The molecule has 0 radical (unpaired) electrons. The molecule has 1 rings (SSSR count). The lowest BCUT2D eigenvalue weighted by atomic mass is 10.5. The van der Waals surface area contributed by atoms with Crippen LogP contribution in [0.15, 0.2) is 5.16 Å². The minimum atomic E-state index is 0.0289. The smallest absolute Gasteiger partial charge is 0.287 e. The molecule has 0 aromatic carbocycles. The van der Waals surface area contributed by atoms with Crippen LogP contribution in [0.3, 0.4) is 0 Å². The van der Waals surface area contributed by atoms with Crippen molar-refractivity contribution in [1.29, 1.82) is 0 Å². The molecule has 0 saturated carbocycles. The lowest BCUT2D eigenvalue weighted by molar-refractivity contribution is 0.323. The van der Waals surface area contributed by atoms with Crippen molar-refractivity contribution in [3.05, 3.63) is 15.2 Å². The van der Waals surface area contributed by atoms with Gasteiger partial charge in [0.25, 0.3) is 5.88 Å². The Labute approximate surface area is 95.8 Å². The van der Waals surface area contributed by atoms with Gasteiger partial charge in [0.2, 0.25) is 0 Å². The van der Waals surface area contributed by atoms with Crippen LogP contribution in [0.2, 0.25) is 15.2 Å². The third kappa shape index (κ3) is 2.70. The Balaban J connectivity index is 3.00. The average molecular weight is 255 g/mol. The van der Waals surface area contributed by atoms with E-state index in [0.29, 0.717) is 5.71 Å². The van der Waals surface area contributed by atoms with Crippen LogP contribution in [0.4, 0.5) is 0 Å². The van der Waals surface area contributed by atoms with Crippen LogP contribution in [-0.4, -0.2) is 15.9 Å². The topological polar surface area (TPSA) is 47.4 Å². The first kappa shape index (κ1) is 11.5. The highest BCUT2D eigenvalue weighted by molar-refractivity contribution is 6.47. The highest BCUT2D eigenvalue weighted by Crippen LogP contribution is 2.33. The van der Waals surface area contributed by atoms with Crippen molar-refractivity contribution in [2.24, 2.45) is 5.16 Å². The molecular weight excluding hydrogens is 248 g/mol. The first-order chi connectivity index (χ1) is 6.52. The predicted octanol–water partition coefficient (Wildman–Crippen LogP) is 3.21. The molecule has 0 fully saturated rings. The summed E-state index contributed by atoms with van der Waals surface area (Å²) in [4.78, 5) is 4.87. The number of hydrogen-bond acceptors (Lipinski definition) is 4.